The zero-order chi connectivity index (χ0) is 86.9. The second-order valence-electron chi connectivity index (χ2n) is 28.7. The number of hydrogen-bond acceptors (Lipinski definition) is 27. The van der Waals surface area contributed by atoms with Crippen molar-refractivity contribution in [2.45, 2.75) is 187 Å². The van der Waals surface area contributed by atoms with Gasteiger partial charge < -0.3 is 136 Å². The molecule has 4 aliphatic rings. The minimum atomic E-state index is -2.75. The topological polar surface area (TPSA) is 674 Å². The first-order chi connectivity index (χ1) is 55.9. The normalized spacial score (nSPS) is 29.2. The van der Waals surface area contributed by atoms with Crippen LogP contribution in [-0.2, 0) is 83.1 Å². The second-order valence-corrected chi connectivity index (χ2v) is 29.6. The van der Waals surface area contributed by atoms with Gasteiger partial charge in [0.1, 0.15) is 85.5 Å². The number of primary amides is 2. The summed E-state index contributed by atoms with van der Waals surface area (Å²) in [6.45, 7) is -1.91. The summed E-state index contributed by atoms with van der Waals surface area (Å²) < 4.78 is 6.38. The number of aliphatic hydroxyl groups excluding tert-OH is 9. The summed E-state index contributed by atoms with van der Waals surface area (Å²) in [6.07, 6.45) is -16.3. The number of allylic oxidation sites excluding steroid dienone is 2. The average Bonchev–Trinajstić information content (AvgIpc) is 1.60. The predicted octanol–water partition coefficient (Wildman–Crippen LogP) is -12.1. The minimum absolute atomic E-state index is 0.107. The molecule has 3 aromatic carbocycles. The number of quaternary nitrogens is 1. The number of nitrogens with one attached hydrogen (secondary N) is 13. The van der Waals surface area contributed by atoms with Crippen molar-refractivity contribution < 1.29 is 133 Å². The number of benzene rings is 3. The molecule has 642 valence electrons. The Morgan fingerprint density at radius 2 is 1.20 bits per heavy atom. The molecule has 26 N–H and O–H groups in total. The van der Waals surface area contributed by atoms with Gasteiger partial charge in [0.25, 0.3) is 5.91 Å². The molecule has 0 radical (unpaired) electrons. The number of carbonyl (C=O) groups excluding carboxylic acids is 15. The van der Waals surface area contributed by atoms with Crippen LogP contribution in [0.15, 0.2) is 119 Å². The molecule has 118 heavy (non-hydrogen) atoms. The molecule has 3 aromatic rings. The number of carbonyl (C=O) groups is 15. The van der Waals surface area contributed by atoms with Crippen LogP contribution >= 0.6 is 15.9 Å². The Hall–Kier alpha value is -11.2. The van der Waals surface area contributed by atoms with E-state index < -0.39 is 288 Å². The predicted molar refractivity (Wildman–Crippen MR) is 410 cm³/mol. The third kappa shape index (κ3) is 27.2. The summed E-state index contributed by atoms with van der Waals surface area (Å²) in [7, 11) is 0. The van der Waals surface area contributed by atoms with Gasteiger partial charge >= 0.3 is 0 Å². The van der Waals surface area contributed by atoms with Crippen LogP contribution in [0.25, 0.3) is 6.08 Å². The van der Waals surface area contributed by atoms with Gasteiger partial charge in [0.15, 0.2) is 25.0 Å². The molecule has 0 aliphatic carbocycles. The summed E-state index contributed by atoms with van der Waals surface area (Å²) in [4.78, 5) is 215. The van der Waals surface area contributed by atoms with Crippen molar-refractivity contribution in [3.63, 3.8) is 0 Å². The van der Waals surface area contributed by atoms with E-state index in [-0.39, 0.29) is 17.0 Å². The van der Waals surface area contributed by atoms with E-state index in [1.165, 1.54) is 43.5 Å². The molecule has 0 aromatic heterocycles. The summed E-state index contributed by atoms with van der Waals surface area (Å²) in [5.74, 6) is -22.6. The number of carboxylic acids is 1. The minimum Gasteiger partial charge on any atom is -0.548 e. The Kier molecular flexibility index (Phi) is 35.3. The van der Waals surface area contributed by atoms with Gasteiger partial charge in [-0.1, -0.05) is 119 Å². The molecule has 4 bridgehead atoms. The maximum atomic E-state index is 15.3. The molecular formula is C75H99BrN16O26. The van der Waals surface area contributed by atoms with Crippen LogP contribution in [0.5, 0.6) is 0 Å². The summed E-state index contributed by atoms with van der Waals surface area (Å²) in [5.41, 5.74) is 12.6. The van der Waals surface area contributed by atoms with Gasteiger partial charge in [-0.25, -0.2) is 0 Å². The van der Waals surface area contributed by atoms with E-state index >= 15 is 9.59 Å². The Bertz CT molecular complexity index is 4200. The second kappa shape index (κ2) is 44.4. The molecule has 4 heterocycles. The van der Waals surface area contributed by atoms with E-state index in [1.54, 1.807) is 79.7 Å². The van der Waals surface area contributed by atoms with Gasteiger partial charge in [0, 0.05) is 36.1 Å². The van der Waals surface area contributed by atoms with E-state index in [9.17, 15) is 113 Å². The first-order valence-electron chi connectivity index (χ1n) is 37.4. The summed E-state index contributed by atoms with van der Waals surface area (Å²) in [6, 6.07) is -0.223. The molecule has 14 amide bonds. The number of nitrogens with two attached hydrogens (primary N) is 2. The fourth-order valence-corrected chi connectivity index (χ4v) is 13.3. The average molecular weight is 1720 g/mol. The molecule has 1 saturated heterocycles. The van der Waals surface area contributed by atoms with Crippen LogP contribution in [0.2, 0.25) is 0 Å². The smallest absolute Gasteiger partial charge is 0.251 e. The van der Waals surface area contributed by atoms with Crippen LogP contribution < -0.4 is 85.3 Å². The van der Waals surface area contributed by atoms with Gasteiger partial charge in [0.2, 0.25) is 76.8 Å². The van der Waals surface area contributed by atoms with Crippen LogP contribution in [0.1, 0.15) is 81.9 Å². The Balaban J connectivity index is 1.41. The van der Waals surface area contributed by atoms with Crippen molar-refractivity contribution in [2.24, 2.45) is 11.5 Å². The number of fused-ring (bicyclic) bond motifs is 2. The van der Waals surface area contributed by atoms with Crippen molar-refractivity contribution in [1.29, 1.82) is 0 Å². The molecule has 7 rings (SSSR count). The van der Waals surface area contributed by atoms with Gasteiger partial charge in [-0.05, 0) is 55.5 Å². The fourth-order valence-electron chi connectivity index (χ4n) is 13.0. The molecule has 4 aliphatic heterocycles. The van der Waals surface area contributed by atoms with Crippen molar-refractivity contribution >= 4 is 111 Å². The molecule has 1 fully saturated rings. The van der Waals surface area contributed by atoms with Gasteiger partial charge in [-0.2, -0.15) is 0 Å². The lowest BCUT2D eigenvalue weighted by Crippen LogP contribution is -3.09. The monoisotopic (exact) mass is 1720 g/mol. The van der Waals surface area contributed by atoms with Gasteiger partial charge in [-0.3, -0.25) is 76.9 Å². The van der Waals surface area contributed by atoms with E-state index in [4.69, 9.17) is 16.2 Å². The quantitative estimate of drug-likeness (QED) is 0.0558. The number of nitrogens with zero attached hydrogens (tertiary/aromatic N) is 1. The Morgan fingerprint density at radius 1 is 0.627 bits per heavy atom. The Morgan fingerprint density at radius 3 is 1.83 bits per heavy atom. The first-order valence-corrected chi connectivity index (χ1v) is 38.2. The highest BCUT2D eigenvalue weighted by molar-refractivity contribution is 9.10. The zero-order valence-electron chi connectivity index (χ0n) is 64.1. The first kappa shape index (κ1) is 93.9. The lowest BCUT2D eigenvalue weighted by atomic mass is 9.92. The highest BCUT2D eigenvalue weighted by atomic mass is 79.9. The van der Waals surface area contributed by atoms with E-state index in [1.807, 2.05) is 10.6 Å². The number of β-amino-alcohol motifs (C(OH)–C–C–N with tert-alkyl or cyclic N) is 1. The maximum Gasteiger partial charge on any atom is 0.251 e. The maximum absolute atomic E-state index is 15.3. The highest BCUT2D eigenvalue weighted by Crippen LogP contribution is 2.27. The molecule has 21 unspecified atom stereocenters. The zero-order valence-corrected chi connectivity index (χ0v) is 65.7. The summed E-state index contributed by atoms with van der Waals surface area (Å²) >= 11 is 3.29. The van der Waals surface area contributed by atoms with Crippen molar-refractivity contribution in [1.82, 2.24) is 68.7 Å². The van der Waals surface area contributed by atoms with Gasteiger partial charge in [-0.15, -0.1) is 0 Å². The number of amides is 14. The van der Waals surface area contributed by atoms with E-state index in [0.717, 1.165) is 17.4 Å². The molecular weight excluding hydrogens is 1620 g/mol. The molecule has 42 nitrogen and oxygen atoms in total. The number of halogens is 1. The summed E-state index contributed by atoms with van der Waals surface area (Å²) in [5, 5.41) is 141. The van der Waals surface area contributed by atoms with Crippen LogP contribution in [0.3, 0.4) is 0 Å². The molecule has 0 saturated carbocycles. The number of aliphatic hydroxyl groups is 9. The van der Waals surface area contributed by atoms with Crippen LogP contribution in [0.4, 0.5) is 0 Å². The number of aliphatic carboxylic acids is 1. The molecule has 0 spiro atoms. The number of ether oxygens (including phenoxy) is 1. The molecule has 43 heteroatoms. The van der Waals surface area contributed by atoms with E-state index in [2.05, 4.69) is 69.1 Å². The SMILES string of the molecule is CC(C=Cc1ccccc1)=CC(O)C1CC(=O)NC(CO)C(=O)NC2C[NH+]3C=C(CC(NC(=O)CCCC(C(=O)[O-])NC(=O)C(O)CNC(=O)C(C(C)c4ccc(Br)cc4)NC(=O)C(C(O)C(N)=O)NC(=O)C(CC(N)=O)NC2=O)C(=O)NC(C(C)O)C(=O)NC(CO)C(=O)NC(Cc2ccccc2)C(=O)N1)N(C1OCC(O)C(O)C1O)C3. The van der Waals surface area contributed by atoms with Crippen molar-refractivity contribution in [3.8, 4) is 0 Å². The van der Waals surface area contributed by atoms with Gasteiger partial charge in [0.05, 0.1) is 68.7 Å². The van der Waals surface area contributed by atoms with Crippen LogP contribution in [-0.4, -0.2) is 295 Å². The lowest BCUT2D eigenvalue weighted by Gasteiger charge is -2.40. The number of rotatable bonds is 17. The van der Waals surface area contributed by atoms with Crippen LogP contribution in [0, 0.1) is 0 Å². The highest BCUT2D eigenvalue weighted by Gasteiger charge is 2.48. The largest absolute Gasteiger partial charge is 0.548 e. The van der Waals surface area contributed by atoms with E-state index in [0.29, 0.717) is 21.2 Å². The number of hydrogen-bond donors (Lipinski definition) is 24. The fraction of sp³-hybridized carbons (Fsp3) is 0.480. The third-order valence-corrected chi connectivity index (χ3v) is 20.1. The molecule has 21 atom stereocenters. The van der Waals surface area contributed by atoms with Crippen molar-refractivity contribution in [2.75, 3.05) is 39.6 Å². The lowest BCUT2D eigenvalue weighted by molar-refractivity contribution is -0.850. The Labute approximate surface area is 682 Å². The van der Waals surface area contributed by atoms with Crippen molar-refractivity contribution in [3.05, 3.63) is 136 Å². The number of carboxylic acid groups (broad SMARTS) is 1. The standard InChI is InChI=1S/C75H99BrN16O26/c1-35(17-18-38-11-6-4-7-12-38)23-51(96)44-27-56(101)81-49(31-93)68(110)86-48-30-91-29-42(92(34-91)74-62(104)60(102)53(98)33-118-74)25-46(65(107)89-58(37(3)95)72(114)87-50(32-94)69(111)84-45(64(106)83-44)24-39-13-8-5-9-14-39)80-55(100)16-10-15-43(75(116)117)82-70(112)52(97)28-79-71(113)57(36(2)40-19-21-41(76)22-20-40)88-73(115)59(61(103)63(78)105)90-66(108)47(26-54(77)99)85-67(48)109/h4-9,11-14,17-23,29,36-37,43-53,57-62,74,93-98,102-104H,10,15-16,24-28,30-34H2,1-3H3,(H2,77,99)(H2,78,105)(H,79,113)(H,80,100)(H,81,101)(H,82,112)(H,83,106)(H,84,111)(H,85,109)(H,86,110)(H,87,114)(H,88,115)(H,89,107)(H,90,108)(H,116,117). The third-order valence-electron chi connectivity index (χ3n) is 19.6.